The Bertz CT molecular complexity index is 686. The first-order valence-corrected chi connectivity index (χ1v) is 6.86. The van der Waals surface area contributed by atoms with E-state index in [0.717, 1.165) is 0 Å². The van der Waals surface area contributed by atoms with E-state index in [9.17, 15) is 9.90 Å². The molecule has 0 saturated heterocycles. The minimum absolute atomic E-state index is 0.0215. The minimum atomic E-state index is -0.341. The summed E-state index contributed by atoms with van der Waals surface area (Å²) in [5, 5.41) is 13.6. The maximum absolute atomic E-state index is 11.9. The molecule has 0 aromatic heterocycles. The van der Waals surface area contributed by atoms with E-state index >= 15 is 0 Å². The highest BCUT2D eigenvalue weighted by atomic mass is 79.9. The first-order chi connectivity index (χ1) is 10.1. The fourth-order valence-electron chi connectivity index (χ4n) is 1.63. The third-order valence-electron chi connectivity index (χ3n) is 2.73. The lowest BCUT2D eigenvalue weighted by atomic mass is 10.2. The van der Waals surface area contributed by atoms with Crippen molar-refractivity contribution in [2.45, 2.75) is 0 Å². The topological polar surface area (TPSA) is 70.9 Å². The first kappa shape index (κ1) is 15.1. The molecule has 2 aromatic carbocycles. The van der Waals surface area contributed by atoms with E-state index in [1.807, 2.05) is 6.07 Å². The van der Waals surface area contributed by atoms with Gasteiger partial charge in [-0.1, -0.05) is 12.1 Å². The number of amides is 1. The van der Waals surface area contributed by atoms with Gasteiger partial charge >= 0.3 is 0 Å². The second-order valence-corrected chi connectivity index (χ2v) is 4.96. The van der Waals surface area contributed by atoms with E-state index in [0.29, 0.717) is 21.3 Å². The van der Waals surface area contributed by atoms with Gasteiger partial charge in [0.1, 0.15) is 11.5 Å². The van der Waals surface area contributed by atoms with Crippen molar-refractivity contribution in [1.29, 1.82) is 0 Å². The molecule has 0 fully saturated rings. The summed E-state index contributed by atoms with van der Waals surface area (Å²) >= 11 is 3.29. The zero-order valence-electron chi connectivity index (χ0n) is 11.2. The van der Waals surface area contributed by atoms with Crippen molar-refractivity contribution in [2.75, 3.05) is 7.11 Å². The summed E-state index contributed by atoms with van der Waals surface area (Å²) < 4.78 is 5.67. The van der Waals surface area contributed by atoms with Crippen LogP contribution in [-0.4, -0.2) is 24.3 Å². The van der Waals surface area contributed by atoms with Crippen LogP contribution in [0, 0.1) is 0 Å². The molecular weight excluding hydrogens is 336 g/mol. The van der Waals surface area contributed by atoms with Gasteiger partial charge in [0, 0.05) is 16.1 Å². The monoisotopic (exact) mass is 348 g/mol. The van der Waals surface area contributed by atoms with E-state index in [1.54, 1.807) is 30.3 Å². The van der Waals surface area contributed by atoms with Gasteiger partial charge in [-0.05, 0) is 40.2 Å². The molecule has 2 rings (SSSR count). The molecule has 0 saturated carbocycles. The number of carbonyl (C=O) groups excluding carboxylic acids is 1. The normalized spacial score (nSPS) is 10.6. The lowest BCUT2D eigenvalue weighted by Gasteiger charge is -2.04. The number of rotatable bonds is 4. The number of phenols is 1. The predicted molar refractivity (Wildman–Crippen MR) is 83.9 cm³/mol. The van der Waals surface area contributed by atoms with Crippen LogP contribution >= 0.6 is 15.9 Å². The highest BCUT2D eigenvalue weighted by molar-refractivity contribution is 9.10. The molecule has 0 aliphatic rings. The van der Waals surface area contributed by atoms with Gasteiger partial charge in [-0.3, -0.25) is 4.79 Å². The van der Waals surface area contributed by atoms with E-state index < -0.39 is 0 Å². The number of hydrazone groups is 1. The van der Waals surface area contributed by atoms with Gasteiger partial charge in [-0.25, -0.2) is 5.43 Å². The van der Waals surface area contributed by atoms with Crippen LogP contribution in [0.15, 0.2) is 52.0 Å². The number of hydrogen-bond donors (Lipinski definition) is 2. The molecule has 0 bridgehead atoms. The van der Waals surface area contributed by atoms with Crippen molar-refractivity contribution >= 4 is 28.1 Å². The minimum Gasteiger partial charge on any atom is -0.507 e. The molecule has 1 amide bonds. The van der Waals surface area contributed by atoms with Crippen LogP contribution in [0.2, 0.25) is 0 Å². The second kappa shape index (κ2) is 6.90. The van der Waals surface area contributed by atoms with Crippen LogP contribution in [0.3, 0.4) is 0 Å². The zero-order valence-corrected chi connectivity index (χ0v) is 12.8. The first-order valence-electron chi connectivity index (χ1n) is 6.06. The maximum atomic E-state index is 11.9. The van der Waals surface area contributed by atoms with Crippen LogP contribution in [0.25, 0.3) is 0 Å². The predicted octanol–water partition coefficient (Wildman–Crippen LogP) is 2.93. The van der Waals surface area contributed by atoms with Crippen molar-refractivity contribution in [3.8, 4) is 11.5 Å². The number of nitrogens with zero attached hydrogens (tertiary/aromatic N) is 1. The summed E-state index contributed by atoms with van der Waals surface area (Å²) in [6.07, 6.45) is 1.36. The van der Waals surface area contributed by atoms with E-state index in [2.05, 4.69) is 26.5 Å². The summed E-state index contributed by atoms with van der Waals surface area (Å²) in [4.78, 5) is 11.9. The number of aromatic hydroxyl groups is 1. The third kappa shape index (κ3) is 3.82. The molecule has 108 valence electrons. The average Bonchev–Trinajstić information content (AvgIpc) is 2.49. The Morgan fingerprint density at radius 1 is 1.33 bits per heavy atom. The van der Waals surface area contributed by atoms with E-state index in [4.69, 9.17) is 4.74 Å². The lowest BCUT2D eigenvalue weighted by molar-refractivity contribution is 0.0954. The number of benzene rings is 2. The van der Waals surface area contributed by atoms with Gasteiger partial charge in [0.2, 0.25) is 0 Å². The van der Waals surface area contributed by atoms with Crippen molar-refractivity contribution in [3.63, 3.8) is 0 Å². The molecule has 0 spiro atoms. The molecule has 0 unspecified atom stereocenters. The number of nitrogens with one attached hydrogen (secondary N) is 1. The smallest absolute Gasteiger partial charge is 0.272 e. The van der Waals surface area contributed by atoms with E-state index in [-0.39, 0.29) is 11.7 Å². The van der Waals surface area contributed by atoms with Gasteiger partial charge < -0.3 is 9.84 Å². The number of ether oxygens (including phenoxy) is 1. The van der Waals surface area contributed by atoms with Crippen molar-refractivity contribution in [1.82, 2.24) is 5.43 Å². The highest BCUT2D eigenvalue weighted by Gasteiger charge is 2.07. The van der Waals surface area contributed by atoms with Crippen LogP contribution in [0.5, 0.6) is 11.5 Å². The molecule has 2 N–H and O–H groups in total. The Labute approximate surface area is 130 Å². The summed E-state index contributed by atoms with van der Waals surface area (Å²) in [5.41, 5.74) is 3.36. The summed E-state index contributed by atoms with van der Waals surface area (Å²) in [5.74, 6) is 0.224. The van der Waals surface area contributed by atoms with Gasteiger partial charge in [0.05, 0.1) is 18.9 Å². The van der Waals surface area contributed by atoms with Crippen molar-refractivity contribution in [2.24, 2.45) is 5.10 Å². The number of halogens is 1. The van der Waals surface area contributed by atoms with Gasteiger partial charge in [0.25, 0.3) is 5.91 Å². The van der Waals surface area contributed by atoms with Crippen LogP contribution in [-0.2, 0) is 0 Å². The van der Waals surface area contributed by atoms with Gasteiger partial charge in [-0.15, -0.1) is 0 Å². The molecule has 0 aliphatic carbocycles. The Morgan fingerprint density at radius 3 is 2.76 bits per heavy atom. The largest absolute Gasteiger partial charge is 0.507 e. The number of carbonyl (C=O) groups is 1. The Morgan fingerprint density at radius 2 is 2.10 bits per heavy atom. The number of hydrogen-bond acceptors (Lipinski definition) is 4. The standard InChI is InChI=1S/C15H13BrN2O3/c1-21-11-7-6-10(14(19)8-11)9-17-18-15(20)12-4-2-3-5-13(12)16/h2-9,19H,1H3,(H,18,20). The molecule has 21 heavy (non-hydrogen) atoms. The van der Waals surface area contributed by atoms with E-state index in [1.165, 1.54) is 19.4 Å². The third-order valence-corrected chi connectivity index (χ3v) is 3.42. The Kier molecular flexibility index (Phi) is 4.94. The van der Waals surface area contributed by atoms with Crippen molar-refractivity contribution < 1.29 is 14.6 Å². The summed E-state index contributed by atoms with van der Waals surface area (Å²) in [7, 11) is 1.51. The zero-order chi connectivity index (χ0) is 15.2. The molecule has 2 aromatic rings. The van der Waals surface area contributed by atoms with Crippen LogP contribution in [0.4, 0.5) is 0 Å². The highest BCUT2D eigenvalue weighted by Crippen LogP contribution is 2.21. The second-order valence-electron chi connectivity index (χ2n) is 4.10. The molecule has 5 nitrogen and oxygen atoms in total. The summed E-state index contributed by atoms with van der Waals surface area (Å²) in [6.45, 7) is 0. The van der Waals surface area contributed by atoms with Crippen LogP contribution in [0.1, 0.15) is 15.9 Å². The number of methoxy groups -OCH3 is 1. The molecule has 0 radical (unpaired) electrons. The Balaban J connectivity index is 2.06. The van der Waals surface area contributed by atoms with Crippen LogP contribution < -0.4 is 10.2 Å². The fraction of sp³-hybridized carbons (Fsp3) is 0.0667. The summed E-state index contributed by atoms with van der Waals surface area (Å²) in [6, 6.07) is 11.8. The number of phenolic OH excluding ortho intramolecular Hbond substituents is 1. The van der Waals surface area contributed by atoms with Gasteiger partial charge in [-0.2, -0.15) is 5.10 Å². The average molecular weight is 349 g/mol. The molecule has 0 heterocycles. The molecule has 6 heteroatoms. The maximum Gasteiger partial charge on any atom is 0.272 e. The molecular formula is C15H13BrN2O3. The lowest BCUT2D eigenvalue weighted by Crippen LogP contribution is -2.18. The Hall–Kier alpha value is -2.34. The quantitative estimate of drug-likeness (QED) is 0.659. The fourth-order valence-corrected chi connectivity index (χ4v) is 2.09. The SMILES string of the molecule is COc1ccc(C=NNC(=O)c2ccccc2Br)c(O)c1. The van der Waals surface area contributed by atoms with Crippen molar-refractivity contribution in [3.05, 3.63) is 58.1 Å². The molecule has 0 atom stereocenters. The van der Waals surface area contributed by atoms with Gasteiger partial charge in [0.15, 0.2) is 0 Å². The molecule has 0 aliphatic heterocycles.